The molecule has 0 amide bonds. The van der Waals surface area contributed by atoms with Gasteiger partial charge in [0.1, 0.15) is 0 Å². The quantitative estimate of drug-likeness (QED) is 0.568. The fourth-order valence-corrected chi connectivity index (χ4v) is 2.55. The standard InChI is InChI=1S/C16H10ClN5/c17-15-13(11-6-8-18-9-7-11)10-14-19-20-16(22(14)21-15)12-4-2-1-3-5-12/h1-10H. The van der Waals surface area contributed by atoms with Gasteiger partial charge in [0.05, 0.1) is 0 Å². The van der Waals surface area contributed by atoms with E-state index in [2.05, 4.69) is 20.3 Å². The van der Waals surface area contributed by atoms with E-state index < -0.39 is 0 Å². The molecule has 0 saturated heterocycles. The third kappa shape index (κ3) is 2.12. The first-order valence-electron chi connectivity index (χ1n) is 6.71. The molecule has 4 aromatic rings. The van der Waals surface area contributed by atoms with Gasteiger partial charge in [0.25, 0.3) is 0 Å². The van der Waals surface area contributed by atoms with Crippen molar-refractivity contribution in [1.29, 1.82) is 0 Å². The SMILES string of the molecule is Clc1nn2c(-c3ccccc3)nnc2cc1-c1ccncc1. The Bertz CT molecular complexity index is 935. The van der Waals surface area contributed by atoms with Crippen LogP contribution in [0.1, 0.15) is 0 Å². The van der Waals surface area contributed by atoms with Gasteiger partial charge in [-0.25, -0.2) is 0 Å². The zero-order valence-corrected chi connectivity index (χ0v) is 12.1. The van der Waals surface area contributed by atoms with Crippen molar-refractivity contribution < 1.29 is 0 Å². The summed E-state index contributed by atoms with van der Waals surface area (Å²) < 4.78 is 1.66. The van der Waals surface area contributed by atoms with Crippen molar-refractivity contribution in [3.8, 4) is 22.5 Å². The Balaban J connectivity index is 1.91. The molecule has 3 heterocycles. The van der Waals surface area contributed by atoms with Gasteiger partial charge in [-0.3, -0.25) is 4.98 Å². The van der Waals surface area contributed by atoms with Crippen LogP contribution in [0.5, 0.6) is 0 Å². The summed E-state index contributed by atoms with van der Waals surface area (Å²) in [6.45, 7) is 0. The third-order valence-corrected chi connectivity index (χ3v) is 3.65. The van der Waals surface area contributed by atoms with Crippen LogP contribution in [0, 0.1) is 0 Å². The van der Waals surface area contributed by atoms with E-state index >= 15 is 0 Å². The fraction of sp³-hybridized carbons (Fsp3) is 0. The van der Waals surface area contributed by atoms with Crippen LogP contribution in [0.4, 0.5) is 0 Å². The van der Waals surface area contributed by atoms with Crippen LogP contribution in [-0.4, -0.2) is 24.8 Å². The number of halogens is 1. The number of hydrogen-bond acceptors (Lipinski definition) is 4. The molecule has 0 bridgehead atoms. The van der Waals surface area contributed by atoms with E-state index in [9.17, 15) is 0 Å². The Labute approximate surface area is 131 Å². The van der Waals surface area contributed by atoms with Gasteiger partial charge < -0.3 is 0 Å². The molecule has 1 aromatic carbocycles. The minimum absolute atomic E-state index is 0.399. The highest BCUT2D eigenvalue weighted by Gasteiger charge is 2.13. The van der Waals surface area contributed by atoms with Crippen LogP contribution in [0.25, 0.3) is 28.2 Å². The van der Waals surface area contributed by atoms with Crippen molar-refractivity contribution in [2.75, 3.05) is 0 Å². The molecule has 6 heteroatoms. The lowest BCUT2D eigenvalue weighted by Crippen LogP contribution is -1.97. The molecule has 106 valence electrons. The van der Waals surface area contributed by atoms with Crippen molar-refractivity contribution in [1.82, 2.24) is 24.8 Å². The summed E-state index contributed by atoms with van der Waals surface area (Å²) in [4.78, 5) is 4.01. The van der Waals surface area contributed by atoms with Crippen molar-refractivity contribution in [2.45, 2.75) is 0 Å². The predicted molar refractivity (Wildman–Crippen MR) is 84.5 cm³/mol. The van der Waals surface area contributed by atoms with E-state index in [0.717, 1.165) is 16.7 Å². The summed E-state index contributed by atoms with van der Waals surface area (Å²) >= 11 is 6.35. The summed E-state index contributed by atoms with van der Waals surface area (Å²) in [7, 11) is 0. The second-order valence-corrected chi connectivity index (χ2v) is 5.10. The van der Waals surface area contributed by atoms with Crippen LogP contribution in [0.15, 0.2) is 60.9 Å². The molecule has 0 atom stereocenters. The molecular formula is C16H10ClN5. The minimum atomic E-state index is 0.399. The molecule has 0 radical (unpaired) electrons. The highest BCUT2D eigenvalue weighted by atomic mass is 35.5. The molecular weight excluding hydrogens is 298 g/mol. The van der Waals surface area contributed by atoms with Gasteiger partial charge >= 0.3 is 0 Å². The number of nitrogens with zero attached hydrogens (tertiary/aromatic N) is 5. The molecule has 22 heavy (non-hydrogen) atoms. The van der Waals surface area contributed by atoms with E-state index in [1.165, 1.54) is 0 Å². The highest BCUT2D eigenvalue weighted by molar-refractivity contribution is 6.32. The summed E-state index contributed by atoms with van der Waals surface area (Å²) in [6.07, 6.45) is 3.43. The van der Waals surface area contributed by atoms with Crippen LogP contribution in [0.3, 0.4) is 0 Å². The van der Waals surface area contributed by atoms with E-state index in [4.69, 9.17) is 11.6 Å². The van der Waals surface area contributed by atoms with Gasteiger partial charge in [0, 0.05) is 23.5 Å². The van der Waals surface area contributed by atoms with Crippen LogP contribution in [-0.2, 0) is 0 Å². The zero-order valence-electron chi connectivity index (χ0n) is 11.4. The van der Waals surface area contributed by atoms with Gasteiger partial charge in [0.2, 0.25) is 0 Å². The predicted octanol–water partition coefficient (Wildman–Crippen LogP) is 3.51. The monoisotopic (exact) mass is 307 g/mol. The molecule has 0 fully saturated rings. The normalized spacial score (nSPS) is 11.0. The van der Waals surface area contributed by atoms with Gasteiger partial charge in [-0.05, 0) is 23.8 Å². The van der Waals surface area contributed by atoms with Crippen molar-refractivity contribution in [3.63, 3.8) is 0 Å². The summed E-state index contributed by atoms with van der Waals surface area (Å²) in [6, 6.07) is 15.4. The zero-order chi connectivity index (χ0) is 14.9. The van der Waals surface area contributed by atoms with E-state index in [1.54, 1.807) is 16.9 Å². The molecule has 0 spiro atoms. The molecule has 5 nitrogen and oxygen atoms in total. The number of hydrogen-bond donors (Lipinski definition) is 0. The summed E-state index contributed by atoms with van der Waals surface area (Å²) in [5, 5.41) is 13.2. The van der Waals surface area contributed by atoms with Crippen molar-refractivity contribution in [2.24, 2.45) is 0 Å². The number of fused-ring (bicyclic) bond motifs is 1. The van der Waals surface area contributed by atoms with Gasteiger partial charge in [0.15, 0.2) is 16.6 Å². The number of aromatic nitrogens is 5. The summed E-state index contributed by atoms with van der Waals surface area (Å²) in [5.74, 6) is 0.666. The molecule has 0 aliphatic heterocycles. The Hall–Kier alpha value is -2.79. The maximum Gasteiger partial charge on any atom is 0.185 e. The molecule has 0 saturated carbocycles. The summed E-state index contributed by atoms with van der Waals surface area (Å²) in [5.41, 5.74) is 3.34. The largest absolute Gasteiger partial charge is 0.265 e. The smallest absolute Gasteiger partial charge is 0.185 e. The van der Waals surface area contributed by atoms with Gasteiger partial charge in [-0.1, -0.05) is 41.9 Å². The van der Waals surface area contributed by atoms with Crippen LogP contribution >= 0.6 is 11.6 Å². The van der Waals surface area contributed by atoms with E-state index in [1.807, 2.05) is 48.5 Å². The average molecular weight is 308 g/mol. The van der Waals surface area contributed by atoms with Gasteiger partial charge in [-0.15, -0.1) is 10.2 Å². The Morgan fingerprint density at radius 1 is 0.864 bits per heavy atom. The number of benzene rings is 1. The van der Waals surface area contributed by atoms with Crippen molar-refractivity contribution >= 4 is 17.2 Å². The minimum Gasteiger partial charge on any atom is -0.265 e. The lowest BCUT2D eigenvalue weighted by atomic mass is 10.1. The number of rotatable bonds is 2. The molecule has 0 aliphatic rings. The Kier molecular flexibility index (Phi) is 3.05. The average Bonchev–Trinajstić information content (AvgIpc) is 2.98. The molecule has 4 rings (SSSR count). The topological polar surface area (TPSA) is 56.0 Å². The highest BCUT2D eigenvalue weighted by Crippen LogP contribution is 2.28. The first-order valence-corrected chi connectivity index (χ1v) is 7.08. The lowest BCUT2D eigenvalue weighted by molar-refractivity contribution is 0.937. The molecule has 0 unspecified atom stereocenters. The second-order valence-electron chi connectivity index (χ2n) is 4.74. The fourth-order valence-electron chi connectivity index (χ4n) is 2.31. The van der Waals surface area contributed by atoms with Crippen LogP contribution in [0.2, 0.25) is 5.15 Å². The van der Waals surface area contributed by atoms with E-state index in [0.29, 0.717) is 16.6 Å². The van der Waals surface area contributed by atoms with Crippen LogP contribution < -0.4 is 0 Å². The Morgan fingerprint density at radius 3 is 2.41 bits per heavy atom. The van der Waals surface area contributed by atoms with Gasteiger partial charge in [-0.2, -0.15) is 9.61 Å². The lowest BCUT2D eigenvalue weighted by Gasteiger charge is -2.05. The Morgan fingerprint density at radius 2 is 1.64 bits per heavy atom. The van der Waals surface area contributed by atoms with E-state index in [-0.39, 0.29) is 0 Å². The molecule has 0 N–H and O–H groups in total. The second kappa shape index (κ2) is 5.20. The third-order valence-electron chi connectivity index (χ3n) is 3.37. The maximum absolute atomic E-state index is 6.35. The number of pyridine rings is 1. The first-order chi connectivity index (χ1) is 10.8. The van der Waals surface area contributed by atoms with Crippen molar-refractivity contribution in [3.05, 3.63) is 66.1 Å². The molecule has 3 aromatic heterocycles. The maximum atomic E-state index is 6.35. The molecule has 0 aliphatic carbocycles. The first kappa shape index (κ1) is 12.9.